The van der Waals surface area contributed by atoms with Gasteiger partial charge in [0.15, 0.2) is 0 Å². The Hall–Kier alpha value is -3.21. The van der Waals surface area contributed by atoms with E-state index < -0.39 is 0 Å². The van der Waals surface area contributed by atoms with Crippen molar-refractivity contribution in [2.45, 2.75) is 6.42 Å². The third kappa shape index (κ3) is 3.52. The van der Waals surface area contributed by atoms with Crippen LogP contribution in [0.3, 0.4) is 0 Å². The molecule has 0 unspecified atom stereocenters. The number of rotatable bonds is 4. The lowest BCUT2D eigenvalue weighted by Gasteiger charge is -2.03. The maximum absolute atomic E-state index is 11.8. The third-order valence-electron chi connectivity index (χ3n) is 3.38. The molecular weight excluding hydrogens is 290 g/mol. The molecule has 23 heavy (non-hydrogen) atoms. The summed E-state index contributed by atoms with van der Waals surface area (Å²) < 4.78 is 0. The van der Waals surface area contributed by atoms with Crippen molar-refractivity contribution in [1.29, 1.82) is 0 Å². The van der Waals surface area contributed by atoms with Crippen molar-refractivity contribution in [3.8, 4) is 5.75 Å². The van der Waals surface area contributed by atoms with E-state index in [1.807, 2.05) is 36.4 Å². The maximum Gasteiger partial charge on any atom is 0.244 e. The van der Waals surface area contributed by atoms with Gasteiger partial charge in [0, 0.05) is 17.1 Å². The number of benzene rings is 2. The Bertz CT molecular complexity index is 861. The maximum atomic E-state index is 11.8. The Kier molecular flexibility index (Phi) is 4.29. The van der Waals surface area contributed by atoms with E-state index >= 15 is 0 Å². The summed E-state index contributed by atoms with van der Waals surface area (Å²) in [7, 11) is 0. The molecule has 0 aliphatic rings. The molecule has 114 valence electrons. The van der Waals surface area contributed by atoms with Crippen molar-refractivity contribution in [3.63, 3.8) is 0 Å². The predicted molar refractivity (Wildman–Crippen MR) is 89.3 cm³/mol. The lowest BCUT2D eigenvalue weighted by atomic mass is 10.1. The molecule has 0 bridgehead atoms. The van der Waals surface area contributed by atoms with Gasteiger partial charge in [0.25, 0.3) is 0 Å². The molecule has 1 amide bonds. The first-order valence-corrected chi connectivity index (χ1v) is 7.16. The molecule has 0 aliphatic carbocycles. The Morgan fingerprint density at radius 3 is 2.78 bits per heavy atom. The number of amides is 1. The number of hydrogen-bond acceptors (Lipinski definition) is 4. The van der Waals surface area contributed by atoms with Gasteiger partial charge in [0.2, 0.25) is 5.91 Å². The second kappa shape index (κ2) is 6.70. The van der Waals surface area contributed by atoms with E-state index in [4.69, 9.17) is 0 Å². The van der Waals surface area contributed by atoms with E-state index in [9.17, 15) is 9.90 Å². The fraction of sp³-hybridized carbons (Fsp3) is 0.0556. The minimum atomic E-state index is -0.186. The van der Waals surface area contributed by atoms with Crippen LogP contribution in [0.25, 0.3) is 10.9 Å². The Morgan fingerprint density at radius 1 is 1.13 bits per heavy atom. The first kappa shape index (κ1) is 14.7. The number of phenolic OH excluding ortho intramolecular Hbond substituents is 1. The number of phenols is 1. The van der Waals surface area contributed by atoms with Crippen LogP contribution < -0.4 is 5.43 Å². The Labute approximate surface area is 133 Å². The van der Waals surface area contributed by atoms with Gasteiger partial charge in [-0.3, -0.25) is 9.78 Å². The van der Waals surface area contributed by atoms with E-state index in [1.165, 1.54) is 0 Å². The number of hydrazone groups is 1. The molecular formula is C18H15N3O2. The molecule has 1 heterocycles. The summed E-state index contributed by atoms with van der Waals surface area (Å²) in [6.07, 6.45) is 3.44. The fourth-order valence-corrected chi connectivity index (χ4v) is 2.29. The minimum Gasteiger partial charge on any atom is -0.506 e. The van der Waals surface area contributed by atoms with Crippen LogP contribution in [0.15, 0.2) is 65.9 Å². The van der Waals surface area contributed by atoms with E-state index in [0.717, 1.165) is 16.5 Å². The fourth-order valence-electron chi connectivity index (χ4n) is 2.29. The molecule has 0 aliphatic heterocycles. The second-order valence-electron chi connectivity index (χ2n) is 5.03. The lowest BCUT2D eigenvalue weighted by molar-refractivity contribution is -0.120. The molecule has 2 N–H and O–H groups in total. The monoisotopic (exact) mass is 305 g/mol. The van der Waals surface area contributed by atoms with Crippen molar-refractivity contribution in [1.82, 2.24) is 10.4 Å². The van der Waals surface area contributed by atoms with Gasteiger partial charge in [-0.25, -0.2) is 5.43 Å². The van der Waals surface area contributed by atoms with Gasteiger partial charge < -0.3 is 5.11 Å². The van der Waals surface area contributed by atoms with Gasteiger partial charge in [-0.05, 0) is 23.8 Å². The van der Waals surface area contributed by atoms with Crippen molar-refractivity contribution < 1.29 is 9.90 Å². The number of carbonyl (C=O) groups excluding carboxylic acids is 1. The molecule has 3 aromatic rings. The number of aromatic hydroxyl groups is 1. The Morgan fingerprint density at radius 2 is 1.96 bits per heavy atom. The molecule has 0 saturated heterocycles. The van der Waals surface area contributed by atoms with Crippen LogP contribution in [-0.4, -0.2) is 22.2 Å². The van der Waals surface area contributed by atoms with E-state index in [-0.39, 0.29) is 18.1 Å². The summed E-state index contributed by atoms with van der Waals surface area (Å²) in [6, 6.07) is 16.4. The van der Waals surface area contributed by atoms with Crippen LogP contribution in [-0.2, 0) is 11.2 Å². The normalized spacial score (nSPS) is 11.0. The predicted octanol–water partition coefficient (Wildman–Crippen LogP) is 2.63. The number of nitrogens with one attached hydrogen (secondary N) is 1. The first-order valence-electron chi connectivity index (χ1n) is 7.16. The van der Waals surface area contributed by atoms with Crippen molar-refractivity contribution in [3.05, 3.63) is 71.9 Å². The van der Waals surface area contributed by atoms with Gasteiger partial charge in [-0.1, -0.05) is 36.4 Å². The molecule has 5 heteroatoms. The molecule has 0 saturated carbocycles. The molecule has 5 nitrogen and oxygen atoms in total. The quantitative estimate of drug-likeness (QED) is 0.575. The van der Waals surface area contributed by atoms with E-state index in [2.05, 4.69) is 15.5 Å². The number of carbonyl (C=O) groups is 1. The molecule has 1 aromatic heterocycles. The highest BCUT2D eigenvalue weighted by atomic mass is 16.3. The summed E-state index contributed by atoms with van der Waals surface area (Å²) in [5.41, 5.74) is 4.71. The highest BCUT2D eigenvalue weighted by Gasteiger charge is 2.05. The van der Waals surface area contributed by atoms with Gasteiger partial charge in [-0.15, -0.1) is 0 Å². The van der Waals surface area contributed by atoms with Crippen molar-refractivity contribution in [2.75, 3.05) is 0 Å². The zero-order valence-corrected chi connectivity index (χ0v) is 12.3. The van der Waals surface area contributed by atoms with Crippen molar-refractivity contribution >= 4 is 23.0 Å². The van der Waals surface area contributed by atoms with Gasteiger partial charge >= 0.3 is 0 Å². The summed E-state index contributed by atoms with van der Waals surface area (Å²) in [5.74, 6) is -0.0699. The second-order valence-corrected chi connectivity index (χ2v) is 5.03. The average Bonchev–Trinajstić information content (AvgIpc) is 2.58. The highest BCUT2D eigenvalue weighted by molar-refractivity contribution is 6.00. The topological polar surface area (TPSA) is 74.6 Å². The van der Waals surface area contributed by atoms with Gasteiger partial charge in [0.05, 0.1) is 12.6 Å². The lowest BCUT2D eigenvalue weighted by Crippen LogP contribution is -2.19. The third-order valence-corrected chi connectivity index (χ3v) is 3.38. The van der Waals surface area contributed by atoms with Gasteiger partial charge in [-0.2, -0.15) is 5.10 Å². The van der Waals surface area contributed by atoms with Crippen LogP contribution in [0, 0.1) is 0 Å². The smallest absolute Gasteiger partial charge is 0.244 e. The molecule has 0 fully saturated rings. The van der Waals surface area contributed by atoms with Crippen LogP contribution in [0.5, 0.6) is 5.75 Å². The van der Waals surface area contributed by atoms with Crippen LogP contribution in [0.1, 0.15) is 11.1 Å². The molecule has 3 rings (SSSR count). The van der Waals surface area contributed by atoms with Crippen LogP contribution >= 0.6 is 0 Å². The largest absolute Gasteiger partial charge is 0.506 e. The average molecular weight is 305 g/mol. The zero-order chi connectivity index (χ0) is 16.1. The SMILES string of the molecule is O=C(Cc1ccccc1)N/N=C\c1ccc(O)c2ncccc12. The number of nitrogens with zero attached hydrogens (tertiary/aromatic N) is 2. The standard InChI is InChI=1S/C18H15N3O2/c22-16-9-8-14(15-7-4-10-19-18(15)16)12-20-21-17(23)11-13-5-2-1-3-6-13/h1-10,12,22H,11H2,(H,21,23)/b20-12-. The Balaban J connectivity index is 1.71. The molecule has 0 atom stereocenters. The zero-order valence-electron chi connectivity index (χ0n) is 12.3. The van der Waals surface area contributed by atoms with E-state index in [0.29, 0.717) is 5.52 Å². The van der Waals surface area contributed by atoms with Crippen molar-refractivity contribution in [2.24, 2.45) is 5.10 Å². The van der Waals surface area contributed by atoms with Crippen LogP contribution in [0.4, 0.5) is 0 Å². The molecule has 0 radical (unpaired) electrons. The number of aromatic nitrogens is 1. The summed E-state index contributed by atoms with van der Waals surface area (Å²) >= 11 is 0. The van der Waals surface area contributed by atoms with Crippen LogP contribution in [0.2, 0.25) is 0 Å². The summed E-state index contributed by atoms with van der Waals surface area (Å²) in [4.78, 5) is 16.0. The number of pyridine rings is 1. The minimum absolute atomic E-state index is 0.117. The first-order chi connectivity index (χ1) is 11.2. The highest BCUT2D eigenvalue weighted by Crippen LogP contribution is 2.24. The summed E-state index contributed by atoms with van der Waals surface area (Å²) in [5, 5.41) is 14.6. The molecule has 2 aromatic carbocycles. The van der Waals surface area contributed by atoms with Gasteiger partial charge in [0.1, 0.15) is 11.3 Å². The molecule has 0 spiro atoms. The van der Waals surface area contributed by atoms with E-state index in [1.54, 1.807) is 30.6 Å². The number of fused-ring (bicyclic) bond motifs is 1. The summed E-state index contributed by atoms with van der Waals surface area (Å²) in [6.45, 7) is 0. The number of hydrogen-bond donors (Lipinski definition) is 2.